The van der Waals surface area contributed by atoms with Gasteiger partial charge in [0.05, 0.1) is 13.2 Å². The molecule has 0 spiro atoms. The third kappa shape index (κ3) is 8.05. The first kappa shape index (κ1) is 16.2. The average Bonchev–Trinajstić information content (AvgIpc) is 2.60. The van der Waals surface area contributed by atoms with Crippen LogP contribution < -0.4 is 5.32 Å². The van der Waals surface area contributed by atoms with Crippen molar-refractivity contribution in [3.8, 4) is 0 Å². The maximum atomic E-state index is 11.8. The molecule has 0 aliphatic carbocycles. The standard InChI is InChI=1S/C12H21F3N2O2/c13-12(14,15)10-19-8-5-16-9-11(18)17-6-3-1-2-4-7-17/h16H,1-10H2. The Morgan fingerprint density at radius 1 is 1.16 bits per heavy atom. The molecular formula is C12H21F3N2O2. The van der Waals surface area contributed by atoms with Crippen molar-refractivity contribution in [1.29, 1.82) is 0 Å². The predicted molar refractivity (Wildman–Crippen MR) is 64.8 cm³/mol. The number of likely N-dealkylation sites (tertiary alicyclic amines) is 1. The molecule has 4 nitrogen and oxygen atoms in total. The summed E-state index contributed by atoms with van der Waals surface area (Å²) in [5.41, 5.74) is 0. The number of halogens is 3. The Morgan fingerprint density at radius 3 is 2.37 bits per heavy atom. The van der Waals surface area contributed by atoms with Crippen LogP contribution in [0, 0.1) is 0 Å². The average molecular weight is 282 g/mol. The zero-order valence-corrected chi connectivity index (χ0v) is 11.0. The van der Waals surface area contributed by atoms with Crippen molar-refractivity contribution < 1.29 is 22.7 Å². The molecule has 1 aliphatic rings. The molecule has 0 atom stereocenters. The van der Waals surface area contributed by atoms with Crippen molar-refractivity contribution in [2.45, 2.75) is 31.9 Å². The van der Waals surface area contributed by atoms with E-state index < -0.39 is 12.8 Å². The second-order valence-electron chi connectivity index (χ2n) is 4.64. The van der Waals surface area contributed by atoms with Gasteiger partial charge >= 0.3 is 6.18 Å². The number of alkyl halides is 3. The number of hydrogen-bond acceptors (Lipinski definition) is 3. The summed E-state index contributed by atoms with van der Waals surface area (Å²) in [6, 6.07) is 0. The SMILES string of the molecule is O=C(CNCCOCC(F)(F)F)N1CCCCCC1. The van der Waals surface area contributed by atoms with Gasteiger partial charge in [0.1, 0.15) is 6.61 Å². The van der Waals surface area contributed by atoms with Crippen molar-refractivity contribution in [3.05, 3.63) is 0 Å². The number of rotatable bonds is 6. The third-order valence-electron chi connectivity index (χ3n) is 2.92. The van der Waals surface area contributed by atoms with E-state index in [0.29, 0.717) is 0 Å². The molecule has 7 heteroatoms. The molecule has 1 fully saturated rings. The highest BCUT2D eigenvalue weighted by Gasteiger charge is 2.27. The Kier molecular flexibility index (Phi) is 7.15. The number of hydrogen-bond donors (Lipinski definition) is 1. The molecule has 0 saturated carbocycles. The Bertz CT molecular complexity index is 264. The van der Waals surface area contributed by atoms with E-state index in [1.54, 1.807) is 0 Å². The second kappa shape index (κ2) is 8.37. The molecule has 19 heavy (non-hydrogen) atoms. The van der Waals surface area contributed by atoms with Crippen LogP contribution in [0.4, 0.5) is 13.2 Å². The summed E-state index contributed by atoms with van der Waals surface area (Å²) in [7, 11) is 0. The van der Waals surface area contributed by atoms with E-state index in [-0.39, 0.29) is 25.6 Å². The van der Waals surface area contributed by atoms with Crippen molar-refractivity contribution in [2.24, 2.45) is 0 Å². The van der Waals surface area contributed by atoms with Gasteiger partial charge in [-0.15, -0.1) is 0 Å². The Hall–Kier alpha value is -0.820. The molecule has 112 valence electrons. The van der Waals surface area contributed by atoms with Crippen molar-refractivity contribution in [3.63, 3.8) is 0 Å². The summed E-state index contributed by atoms with van der Waals surface area (Å²) in [6.07, 6.45) is 0.0771. The lowest BCUT2D eigenvalue weighted by molar-refractivity contribution is -0.173. The first-order chi connectivity index (χ1) is 8.99. The van der Waals surface area contributed by atoms with Gasteiger partial charge in [-0.2, -0.15) is 13.2 Å². The number of carbonyl (C=O) groups is 1. The lowest BCUT2D eigenvalue weighted by Crippen LogP contribution is -2.39. The Morgan fingerprint density at radius 2 is 1.79 bits per heavy atom. The maximum Gasteiger partial charge on any atom is 0.411 e. The number of carbonyl (C=O) groups excluding carboxylic acids is 1. The minimum Gasteiger partial charge on any atom is -0.371 e. The molecule has 0 aromatic rings. The summed E-state index contributed by atoms with van der Waals surface area (Å²) in [5, 5.41) is 2.81. The van der Waals surface area contributed by atoms with Gasteiger partial charge in [0.15, 0.2) is 0 Å². The van der Waals surface area contributed by atoms with Gasteiger partial charge in [-0.05, 0) is 12.8 Å². The fraction of sp³-hybridized carbons (Fsp3) is 0.917. The quantitative estimate of drug-likeness (QED) is 0.752. The maximum absolute atomic E-state index is 11.8. The van der Waals surface area contributed by atoms with Crippen LogP contribution in [0.25, 0.3) is 0 Å². The van der Waals surface area contributed by atoms with Crippen LogP contribution >= 0.6 is 0 Å². The predicted octanol–water partition coefficient (Wildman–Crippen LogP) is 1.56. The van der Waals surface area contributed by atoms with Crippen LogP contribution in [0.3, 0.4) is 0 Å². The van der Waals surface area contributed by atoms with E-state index in [1.807, 2.05) is 4.90 Å². The molecule has 1 amide bonds. The highest BCUT2D eigenvalue weighted by molar-refractivity contribution is 5.78. The van der Waals surface area contributed by atoms with Gasteiger partial charge in [0.2, 0.25) is 5.91 Å². The number of nitrogens with one attached hydrogen (secondary N) is 1. The number of nitrogens with zero attached hydrogens (tertiary/aromatic N) is 1. The topological polar surface area (TPSA) is 41.6 Å². The summed E-state index contributed by atoms with van der Waals surface area (Å²) < 4.78 is 39.7. The molecule has 0 aromatic heterocycles. The van der Waals surface area contributed by atoms with Crippen LogP contribution in [-0.4, -0.2) is 56.4 Å². The minimum atomic E-state index is -4.29. The summed E-state index contributed by atoms with van der Waals surface area (Å²) in [6.45, 7) is 0.683. The first-order valence-electron chi connectivity index (χ1n) is 6.62. The lowest BCUT2D eigenvalue weighted by atomic mass is 10.2. The zero-order chi connectivity index (χ0) is 14.1. The molecule has 1 saturated heterocycles. The zero-order valence-electron chi connectivity index (χ0n) is 11.0. The van der Waals surface area contributed by atoms with Gasteiger partial charge in [-0.25, -0.2) is 0 Å². The fourth-order valence-electron chi connectivity index (χ4n) is 1.96. The van der Waals surface area contributed by atoms with Gasteiger partial charge in [-0.1, -0.05) is 12.8 Å². The largest absolute Gasteiger partial charge is 0.411 e. The number of ether oxygens (including phenoxy) is 1. The van der Waals surface area contributed by atoms with Crippen LogP contribution in [-0.2, 0) is 9.53 Å². The van der Waals surface area contributed by atoms with Crippen molar-refractivity contribution in [1.82, 2.24) is 10.2 Å². The molecule has 1 rings (SSSR count). The van der Waals surface area contributed by atoms with Gasteiger partial charge in [0, 0.05) is 19.6 Å². The van der Waals surface area contributed by atoms with Gasteiger partial charge in [0.25, 0.3) is 0 Å². The molecule has 1 heterocycles. The summed E-state index contributed by atoms with van der Waals surface area (Å²) >= 11 is 0. The number of amides is 1. The third-order valence-corrected chi connectivity index (χ3v) is 2.92. The van der Waals surface area contributed by atoms with Crippen molar-refractivity contribution >= 4 is 5.91 Å². The van der Waals surface area contributed by atoms with E-state index in [4.69, 9.17) is 0 Å². The molecule has 0 aromatic carbocycles. The highest BCUT2D eigenvalue weighted by Crippen LogP contribution is 2.14. The normalized spacial score (nSPS) is 17.3. The lowest BCUT2D eigenvalue weighted by Gasteiger charge is -2.20. The fourth-order valence-corrected chi connectivity index (χ4v) is 1.96. The summed E-state index contributed by atoms with van der Waals surface area (Å²) in [4.78, 5) is 13.6. The van der Waals surface area contributed by atoms with E-state index in [9.17, 15) is 18.0 Å². The monoisotopic (exact) mass is 282 g/mol. The molecule has 0 radical (unpaired) electrons. The molecule has 1 aliphatic heterocycles. The van der Waals surface area contributed by atoms with E-state index in [0.717, 1.165) is 38.8 Å². The smallest absolute Gasteiger partial charge is 0.371 e. The van der Waals surface area contributed by atoms with E-state index in [2.05, 4.69) is 10.1 Å². The highest BCUT2D eigenvalue weighted by atomic mass is 19.4. The van der Waals surface area contributed by atoms with Crippen LogP contribution in [0.2, 0.25) is 0 Å². The minimum absolute atomic E-state index is 0.0118. The van der Waals surface area contributed by atoms with E-state index >= 15 is 0 Å². The Balaban J connectivity index is 2.03. The van der Waals surface area contributed by atoms with Crippen molar-refractivity contribution in [2.75, 3.05) is 39.4 Å². The summed E-state index contributed by atoms with van der Waals surface area (Å²) in [5.74, 6) is 0.0118. The first-order valence-corrected chi connectivity index (χ1v) is 6.62. The Labute approximate surface area is 111 Å². The van der Waals surface area contributed by atoms with E-state index in [1.165, 1.54) is 0 Å². The molecular weight excluding hydrogens is 261 g/mol. The van der Waals surface area contributed by atoms with Crippen LogP contribution in [0.15, 0.2) is 0 Å². The second-order valence-corrected chi connectivity index (χ2v) is 4.64. The molecule has 1 N–H and O–H groups in total. The van der Waals surface area contributed by atoms with Crippen LogP contribution in [0.5, 0.6) is 0 Å². The molecule has 0 bridgehead atoms. The van der Waals surface area contributed by atoms with Gasteiger partial charge < -0.3 is 15.0 Å². The van der Waals surface area contributed by atoms with Gasteiger partial charge in [-0.3, -0.25) is 4.79 Å². The molecule has 0 unspecified atom stereocenters. The van der Waals surface area contributed by atoms with Crippen LogP contribution in [0.1, 0.15) is 25.7 Å².